The van der Waals surface area contributed by atoms with Crippen LogP contribution in [-0.2, 0) is 0 Å². The first-order valence-electron chi connectivity index (χ1n) is 8.72. The Morgan fingerprint density at radius 2 is 2.19 bits per heavy atom. The van der Waals surface area contributed by atoms with Crippen LogP contribution in [0, 0.1) is 0 Å². The number of hydrogen-bond donors (Lipinski definition) is 1. The van der Waals surface area contributed by atoms with Crippen molar-refractivity contribution in [2.75, 3.05) is 11.9 Å². The number of carbonyl (C=O) groups excluding carboxylic acids is 1. The predicted octanol–water partition coefficient (Wildman–Crippen LogP) is 4.09. The molecule has 2 aromatic heterocycles. The average molecular weight is 428 g/mol. The monoisotopic (exact) mass is 427 g/mol. The van der Waals surface area contributed by atoms with Crippen molar-refractivity contribution in [3.8, 4) is 17.3 Å². The van der Waals surface area contributed by atoms with E-state index in [9.17, 15) is 4.79 Å². The Hall–Kier alpha value is -2.74. The fourth-order valence-corrected chi connectivity index (χ4v) is 3.40. The minimum atomic E-state index is -0.269. The normalized spacial score (nSPS) is 17.1. The molecule has 3 heterocycles. The number of nitrogens with zero attached hydrogens (tertiary/aromatic N) is 4. The van der Waals surface area contributed by atoms with Gasteiger partial charge in [-0.25, -0.2) is 4.98 Å². The number of halogens is 1. The van der Waals surface area contributed by atoms with E-state index >= 15 is 0 Å². The molecule has 4 rings (SSSR count). The Bertz CT molecular complexity index is 988. The largest absolute Gasteiger partial charge is 0.493 e. The third-order valence-electron chi connectivity index (χ3n) is 4.48. The van der Waals surface area contributed by atoms with E-state index in [1.807, 2.05) is 28.8 Å². The number of carbonyl (C=O) groups is 1. The second-order valence-corrected chi connectivity index (χ2v) is 7.32. The molecular weight excluding hydrogens is 410 g/mol. The fraction of sp³-hybridized carbons (Fsp3) is 0.263. The minimum Gasteiger partial charge on any atom is -0.493 e. The number of nitrogens with one attached hydrogen (secondary N) is 1. The molecular formula is C19H18BrN5O2. The summed E-state index contributed by atoms with van der Waals surface area (Å²) in [5.41, 5.74) is 1.14. The average Bonchev–Trinajstić information content (AvgIpc) is 3.14. The van der Waals surface area contributed by atoms with E-state index in [0.29, 0.717) is 35.3 Å². The van der Waals surface area contributed by atoms with Gasteiger partial charge in [0.25, 0.3) is 5.91 Å². The summed E-state index contributed by atoms with van der Waals surface area (Å²) in [5, 5.41) is 11.1. The number of benzene rings is 1. The molecule has 3 aromatic rings. The molecule has 0 saturated carbocycles. The van der Waals surface area contributed by atoms with Crippen LogP contribution in [0.1, 0.15) is 36.2 Å². The molecule has 0 fully saturated rings. The molecule has 7 nitrogen and oxygen atoms in total. The van der Waals surface area contributed by atoms with Crippen molar-refractivity contribution in [3.63, 3.8) is 0 Å². The van der Waals surface area contributed by atoms with E-state index in [1.54, 1.807) is 18.5 Å². The highest BCUT2D eigenvalue weighted by Crippen LogP contribution is 2.27. The van der Waals surface area contributed by atoms with E-state index in [0.717, 1.165) is 17.3 Å². The van der Waals surface area contributed by atoms with Crippen molar-refractivity contribution < 1.29 is 9.53 Å². The maximum Gasteiger partial charge on any atom is 0.260 e. The summed E-state index contributed by atoms with van der Waals surface area (Å²) in [6.07, 6.45) is 3.44. The minimum absolute atomic E-state index is 0.198. The number of fused-ring (bicyclic) bond motifs is 5. The lowest BCUT2D eigenvalue weighted by Crippen LogP contribution is -2.16. The van der Waals surface area contributed by atoms with E-state index in [1.165, 1.54) is 0 Å². The molecule has 1 amide bonds. The van der Waals surface area contributed by atoms with Crippen LogP contribution in [0.2, 0.25) is 0 Å². The second kappa shape index (κ2) is 7.48. The summed E-state index contributed by atoms with van der Waals surface area (Å²) >= 11 is 3.44. The van der Waals surface area contributed by atoms with Crippen LogP contribution in [0.15, 0.2) is 47.2 Å². The van der Waals surface area contributed by atoms with Gasteiger partial charge in [0.1, 0.15) is 23.6 Å². The van der Waals surface area contributed by atoms with Crippen molar-refractivity contribution in [1.29, 1.82) is 0 Å². The maximum absolute atomic E-state index is 12.8. The van der Waals surface area contributed by atoms with E-state index < -0.39 is 0 Å². The molecule has 138 valence electrons. The molecule has 1 aliphatic rings. The number of rotatable bonds is 0. The fourth-order valence-electron chi connectivity index (χ4n) is 3.06. The van der Waals surface area contributed by atoms with Gasteiger partial charge in [0.15, 0.2) is 5.82 Å². The Labute approximate surface area is 164 Å². The summed E-state index contributed by atoms with van der Waals surface area (Å²) in [6.45, 7) is 2.64. The third kappa shape index (κ3) is 3.71. The second-order valence-electron chi connectivity index (χ2n) is 6.40. The molecule has 0 aliphatic carbocycles. The number of ether oxygens (including phenoxy) is 1. The number of amides is 1. The number of anilines is 1. The molecule has 2 bridgehead atoms. The lowest BCUT2D eigenvalue weighted by molar-refractivity contribution is 0.102. The Morgan fingerprint density at radius 1 is 1.30 bits per heavy atom. The summed E-state index contributed by atoms with van der Waals surface area (Å²) in [7, 11) is 0. The van der Waals surface area contributed by atoms with Crippen molar-refractivity contribution in [2.24, 2.45) is 0 Å². The van der Waals surface area contributed by atoms with Gasteiger partial charge < -0.3 is 14.6 Å². The first-order valence-corrected chi connectivity index (χ1v) is 9.52. The highest BCUT2D eigenvalue weighted by molar-refractivity contribution is 9.10. The number of hydrogen-bond acceptors (Lipinski definition) is 5. The maximum atomic E-state index is 12.8. The molecule has 1 N–H and O–H groups in total. The predicted molar refractivity (Wildman–Crippen MR) is 105 cm³/mol. The number of aromatic nitrogens is 4. The van der Waals surface area contributed by atoms with Gasteiger partial charge in [0, 0.05) is 10.5 Å². The molecule has 0 radical (unpaired) electrons. The lowest BCUT2D eigenvalue weighted by Gasteiger charge is -2.17. The molecule has 27 heavy (non-hydrogen) atoms. The summed E-state index contributed by atoms with van der Waals surface area (Å²) in [4.78, 5) is 17.3. The molecule has 0 saturated heterocycles. The van der Waals surface area contributed by atoms with Crippen LogP contribution >= 0.6 is 15.9 Å². The summed E-state index contributed by atoms with van der Waals surface area (Å²) in [6, 6.07) is 11.0. The van der Waals surface area contributed by atoms with Gasteiger partial charge >= 0.3 is 0 Å². The van der Waals surface area contributed by atoms with Gasteiger partial charge in [-0.3, -0.25) is 4.79 Å². The Morgan fingerprint density at radius 3 is 3.07 bits per heavy atom. The van der Waals surface area contributed by atoms with Crippen LogP contribution in [-0.4, -0.2) is 32.3 Å². The van der Waals surface area contributed by atoms with E-state index in [2.05, 4.69) is 43.4 Å². The number of pyridine rings is 1. The Balaban J connectivity index is 1.76. The van der Waals surface area contributed by atoms with Crippen LogP contribution in [0.25, 0.3) is 11.5 Å². The van der Waals surface area contributed by atoms with E-state index in [4.69, 9.17) is 4.74 Å². The van der Waals surface area contributed by atoms with Crippen molar-refractivity contribution in [1.82, 2.24) is 19.7 Å². The van der Waals surface area contributed by atoms with Crippen LogP contribution < -0.4 is 10.1 Å². The van der Waals surface area contributed by atoms with Gasteiger partial charge in [-0.05, 0) is 50.1 Å². The highest BCUT2D eigenvalue weighted by atomic mass is 79.9. The van der Waals surface area contributed by atoms with Gasteiger partial charge in [-0.2, -0.15) is 0 Å². The van der Waals surface area contributed by atoms with Crippen LogP contribution in [0.3, 0.4) is 0 Å². The first kappa shape index (κ1) is 17.7. The van der Waals surface area contributed by atoms with Crippen molar-refractivity contribution in [2.45, 2.75) is 25.8 Å². The van der Waals surface area contributed by atoms with Crippen LogP contribution in [0.5, 0.6) is 5.75 Å². The van der Waals surface area contributed by atoms with Gasteiger partial charge in [0.05, 0.1) is 12.2 Å². The zero-order valence-corrected chi connectivity index (χ0v) is 16.3. The SMILES string of the molecule is CC1CCCOc2cc(Br)ccc2C(=O)Nc2cccc(n2)-c2nncn21. The standard InChI is InChI=1S/C19H18BrN5O2/c1-12-4-3-9-27-16-10-13(20)7-8-14(16)19(26)23-17-6-2-5-15(22-17)18-24-21-11-25(12)18/h2,5-8,10-12H,3-4,9H2,1H3,(H,22,23,26). The molecule has 1 unspecified atom stereocenters. The molecule has 1 aromatic carbocycles. The van der Waals surface area contributed by atoms with Crippen molar-refractivity contribution in [3.05, 3.63) is 52.8 Å². The van der Waals surface area contributed by atoms with Gasteiger partial charge in [0.2, 0.25) is 0 Å². The summed E-state index contributed by atoms with van der Waals surface area (Å²) < 4.78 is 8.77. The summed E-state index contributed by atoms with van der Waals surface area (Å²) in [5.74, 6) is 1.41. The zero-order valence-electron chi connectivity index (χ0n) is 14.7. The van der Waals surface area contributed by atoms with Gasteiger partial charge in [-0.15, -0.1) is 10.2 Å². The highest BCUT2D eigenvalue weighted by Gasteiger charge is 2.18. The molecule has 8 heteroatoms. The van der Waals surface area contributed by atoms with E-state index in [-0.39, 0.29) is 11.9 Å². The molecule has 1 atom stereocenters. The quantitative estimate of drug-likeness (QED) is 0.584. The van der Waals surface area contributed by atoms with Crippen LogP contribution in [0.4, 0.5) is 5.82 Å². The third-order valence-corrected chi connectivity index (χ3v) is 4.97. The van der Waals surface area contributed by atoms with Crippen molar-refractivity contribution >= 4 is 27.7 Å². The molecule has 1 aliphatic heterocycles. The smallest absolute Gasteiger partial charge is 0.260 e. The molecule has 0 spiro atoms. The first-order chi connectivity index (χ1) is 13.1. The van der Waals surface area contributed by atoms with Gasteiger partial charge in [-0.1, -0.05) is 22.0 Å². The topological polar surface area (TPSA) is 81.9 Å². The Kier molecular flexibility index (Phi) is 4.89. The zero-order chi connectivity index (χ0) is 18.8. The lowest BCUT2D eigenvalue weighted by atomic mass is 10.1.